The Morgan fingerprint density at radius 1 is 0.488 bits per heavy atom. The second-order valence-electron chi connectivity index (χ2n) is 23.2. The number of aliphatic hydroxyl groups excluding tert-OH is 5. The van der Waals surface area contributed by atoms with Gasteiger partial charge in [0.05, 0.1) is 25.4 Å². The van der Waals surface area contributed by atoms with Crippen molar-refractivity contribution in [3.05, 3.63) is 85.1 Å². The number of aliphatic hydroxyl groups is 5. The molecule has 1 aliphatic rings. The molecule has 0 saturated carbocycles. The van der Waals surface area contributed by atoms with Gasteiger partial charge in [-0.1, -0.05) is 273 Å². The largest absolute Gasteiger partial charge is 0.454 e. The highest BCUT2D eigenvalue weighted by Gasteiger charge is 2.47. The summed E-state index contributed by atoms with van der Waals surface area (Å²) in [6.45, 7) is 5.66. The first-order chi connectivity index (χ1) is 40.2. The van der Waals surface area contributed by atoms with E-state index >= 15 is 0 Å². The van der Waals surface area contributed by atoms with Crippen molar-refractivity contribution in [3.8, 4) is 0 Å². The van der Waals surface area contributed by atoms with Gasteiger partial charge in [0.2, 0.25) is 5.91 Å². The standard InChI is InChI=1S/C71H125NO10/c1-4-7-10-13-16-19-22-25-27-28-29-30-31-32-33-34-35-36-37-38-40-43-46-49-52-55-58-64(75)70(79)72-62(63(74)57-54-51-48-45-42-39-24-21-18-15-12-9-6-3)61-80-71-69(68(78)67(77)65(60-73)81-71)82-66(76)59-56-53-50-47-44-41-26-23-20-17-14-11-8-5-2/h8,11,16-17,19-20,25,27,29-30,32-33,54,57,62-65,67-69,71,73-75,77-78H,4-7,9-10,12-15,18,21-24,26,28,31,34-53,55-56,58-61H2,1-3H3,(H,72,79)/b11-8+,19-16-,20-17+,27-25-,30-29-,33-32-,57-54+. The van der Waals surface area contributed by atoms with E-state index in [0.29, 0.717) is 12.8 Å². The summed E-state index contributed by atoms with van der Waals surface area (Å²) in [4.78, 5) is 26.6. The van der Waals surface area contributed by atoms with E-state index in [9.17, 15) is 35.1 Å². The highest BCUT2D eigenvalue weighted by molar-refractivity contribution is 5.80. The predicted octanol–water partition coefficient (Wildman–Crippen LogP) is 16.9. The third-order valence-corrected chi connectivity index (χ3v) is 15.5. The highest BCUT2D eigenvalue weighted by atomic mass is 16.7. The summed E-state index contributed by atoms with van der Waals surface area (Å²) in [6.07, 6.45) is 66.2. The fourth-order valence-electron chi connectivity index (χ4n) is 10.2. The molecule has 0 radical (unpaired) electrons. The number of amides is 1. The second kappa shape index (κ2) is 58.2. The van der Waals surface area contributed by atoms with Crippen LogP contribution in [0.15, 0.2) is 85.1 Å². The van der Waals surface area contributed by atoms with Gasteiger partial charge in [-0.3, -0.25) is 9.59 Å². The smallest absolute Gasteiger partial charge is 0.306 e. The number of hydrogen-bond acceptors (Lipinski definition) is 10. The summed E-state index contributed by atoms with van der Waals surface area (Å²) >= 11 is 0. The monoisotopic (exact) mass is 1150 g/mol. The minimum atomic E-state index is -1.62. The maximum absolute atomic E-state index is 13.5. The van der Waals surface area contributed by atoms with Crippen molar-refractivity contribution in [3.63, 3.8) is 0 Å². The first kappa shape index (κ1) is 76.9. The van der Waals surface area contributed by atoms with Crippen molar-refractivity contribution in [1.29, 1.82) is 0 Å². The van der Waals surface area contributed by atoms with Crippen LogP contribution in [-0.4, -0.2) is 99.6 Å². The van der Waals surface area contributed by atoms with Crippen LogP contribution in [0.2, 0.25) is 0 Å². The van der Waals surface area contributed by atoms with Gasteiger partial charge >= 0.3 is 5.97 Å². The molecule has 0 aromatic heterocycles. The Bertz CT molecular complexity index is 1660. The summed E-state index contributed by atoms with van der Waals surface area (Å²) in [5.41, 5.74) is 0. The molecule has 1 fully saturated rings. The number of hydrogen-bond donors (Lipinski definition) is 6. The van der Waals surface area contributed by atoms with Crippen molar-refractivity contribution in [2.45, 2.75) is 339 Å². The number of allylic oxidation sites excluding steroid dienone is 13. The molecule has 1 saturated heterocycles. The first-order valence-corrected chi connectivity index (χ1v) is 33.9. The average Bonchev–Trinajstić information content (AvgIpc) is 3.45. The Balaban J connectivity index is 2.60. The van der Waals surface area contributed by atoms with Crippen molar-refractivity contribution in [2.24, 2.45) is 0 Å². The van der Waals surface area contributed by atoms with E-state index in [4.69, 9.17) is 14.2 Å². The third kappa shape index (κ3) is 45.2. The first-order valence-electron chi connectivity index (χ1n) is 33.9. The Labute approximate surface area is 502 Å². The van der Waals surface area contributed by atoms with E-state index in [0.717, 1.165) is 109 Å². The Morgan fingerprint density at radius 2 is 0.878 bits per heavy atom. The van der Waals surface area contributed by atoms with Crippen molar-refractivity contribution in [2.75, 3.05) is 13.2 Å². The van der Waals surface area contributed by atoms with E-state index in [1.807, 2.05) is 6.08 Å². The van der Waals surface area contributed by atoms with Gasteiger partial charge in [-0.25, -0.2) is 0 Å². The van der Waals surface area contributed by atoms with E-state index < -0.39 is 67.4 Å². The molecule has 1 amide bonds. The predicted molar refractivity (Wildman–Crippen MR) is 342 cm³/mol. The number of nitrogens with one attached hydrogen (secondary N) is 1. The van der Waals surface area contributed by atoms with E-state index in [1.54, 1.807) is 6.08 Å². The van der Waals surface area contributed by atoms with Crippen LogP contribution in [0.1, 0.15) is 290 Å². The van der Waals surface area contributed by atoms with Crippen molar-refractivity contribution >= 4 is 11.9 Å². The van der Waals surface area contributed by atoms with Crippen LogP contribution >= 0.6 is 0 Å². The molecule has 0 aromatic carbocycles. The average molecular weight is 1150 g/mol. The fourth-order valence-corrected chi connectivity index (χ4v) is 10.2. The molecule has 474 valence electrons. The molecule has 0 bridgehead atoms. The molecule has 1 heterocycles. The summed E-state index contributed by atoms with van der Waals surface area (Å²) in [5.74, 6) is -1.20. The maximum Gasteiger partial charge on any atom is 0.306 e. The maximum atomic E-state index is 13.5. The number of carbonyl (C=O) groups is 2. The zero-order valence-electron chi connectivity index (χ0n) is 52.6. The third-order valence-electron chi connectivity index (χ3n) is 15.5. The lowest BCUT2D eigenvalue weighted by molar-refractivity contribution is -0.305. The lowest BCUT2D eigenvalue weighted by atomic mass is 9.99. The number of rotatable bonds is 57. The van der Waals surface area contributed by atoms with Gasteiger partial charge in [0.15, 0.2) is 12.4 Å². The SMILES string of the molecule is CC/C=C/C/C=C/CCCCCCCCCC(=O)OC1C(OCC(NC(=O)C(O)CCCCCCCCCCCC/C=C\C/C=C\C/C=C\C/C=C\CCCCC)C(O)/C=C/CCCCCCCCCCCCC)OC(CO)C(O)C1O. The Kier molecular flexibility index (Phi) is 54.6. The van der Waals surface area contributed by atoms with Gasteiger partial charge in [0, 0.05) is 6.42 Å². The topological polar surface area (TPSA) is 175 Å². The van der Waals surface area contributed by atoms with Gasteiger partial charge in [0.25, 0.3) is 0 Å². The number of ether oxygens (including phenoxy) is 3. The van der Waals surface area contributed by atoms with Crippen LogP contribution in [-0.2, 0) is 23.8 Å². The van der Waals surface area contributed by atoms with Crippen molar-refractivity contribution < 1.29 is 49.3 Å². The zero-order chi connectivity index (χ0) is 59.6. The molecule has 6 N–H and O–H groups in total. The molecule has 1 rings (SSSR count). The van der Waals surface area contributed by atoms with Gasteiger partial charge < -0.3 is 45.1 Å². The van der Waals surface area contributed by atoms with Gasteiger partial charge in [0.1, 0.15) is 24.4 Å². The molecular weight excluding hydrogens is 1030 g/mol. The molecule has 0 aromatic rings. The molecule has 82 heavy (non-hydrogen) atoms. The van der Waals surface area contributed by atoms with Crippen LogP contribution in [0.25, 0.3) is 0 Å². The Hall–Kier alpha value is -3.16. The molecule has 11 nitrogen and oxygen atoms in total. The number of esters is 1. The number of unbranched alkanes of at least 4 members (excludes halogenated alkanes) is 31. The summed E-state index contributed by atoms with van der Waals surface area (Å²) in [7, 11) is 0. The molecule has 11 heteroatoms. The quantitative estimate of drug-likeness (QED) is 0.0195. The van der Waals surface area contributed by atoms with Crippen LogP contribution in [0, 0.1) is 0 Å². The lowest BCUT2D eigenvalue weighted by Gasteiger charge is -2.41. The molecule has 0 spiro atoms. The summed E-state index contributed by atoms with van der Waals surface area (Å²) in [5, 5.41) is 57.1. The minimum absolute atomic E-state index is 0.112. The van der Waals surface area contributed by atoms with E-state index in [-0.39, 0.29) is 19.4 Å². The highest BCUT2D eigenvalue weighted by Crippen LogP contribution is 2.26. The van der Waals surface area contributed by atoms with Gasteiger partial charge in [-0.15, -0.1) is 0 Å². The van der Waals surface area contributed by atoms with Crippen LogP contribution < -0.4 is 5.32 Å². The normalized spacial score (nSPS) is 19.1. The number of carbonyl (C=O) groups excluding carboxylic acids is 2. The fraction of sp³-hybridized carbons (Fsp3) is 0.775. The van der Waals surface area contributed by atoms with Crippen LogP contribution in [0.5, 0.6) is 0 Å². The Morgan fingerprint density at radius 3 is 1.34 bits per heavy atom. The lowest BCUT2D eigenvalue weighted by Crippen LogP contribution is -2.61. The second-order valence-corrected chi connectivity index (χ2v) is 23.2. The molecular formula is C71H125NO10. The summed E-state index contributed by atoms with van der Waals surface area (Å²) in [6, 6.07) is -1.03. The summed E-state index contributed by atoms with van der Waals surface area (Å²) < 4.78 is 17.6. The van der Waals surface area contributed by atoms with E-state index in [1.165, 1.54) is 135 Å². The molecule has 8 atom stereocenters. The zero-order valence-corrected chi connectivity index (χ0v) is 52.6. The van der Waals surface area contributed by atoms with Gasteiger partial charge in [-0.05, 0) is 96.3 Å². The van der Waals surface area contributed by atoms with Gasteiger partial charge in [-0.2, -0.15) is 0 Å². The van der Waals surface area contributed by atoms with Crippen LogP contribution in [0.3, 0.4) is 0 Å². The minimum Gasteiger partial charge on any atom is -0.454 e. The van der Waals surface area contributed by atoms with Crippen LogP contribution in [0.4, 0.5) is 0 Å². The molecule has 1 aliphatic heterocycles. The van der Waals surface area contributed by atoms with E-state index in [2.05, 4.69) is 99.0 Å². The molecule has 8 unspecified atom stereocenters. The molecule has 0 aliphatic carbocycles. The van der Waals surface area contributed by atoms with Crippen molar-refractivity contribution in [1.82, 2.24) is 5.32 Å².